The van der Waals surface area contributed by atoms with E-state index >= 15 is 0 Å². The number of alkyl halides is 4. The number of halogens is 4. The summed E-state index contributed by atoms with van der Waals surface area (Å²) >= 11 is 0. The molecule has 12 heteroatoms. The molecular weight excluding hydrogens is 492 g/mol. The highest BCUT2D eigenvalue weighted by Gasteiger charge is 2.35. The third kappa shape index (κ3) is 6.13. The number of benzene rings is 1. The van der Waals surface area contributed by atoms with Crippen LogP contribution in [0.4, 0.5) is 23.2 Å². The van der Waals surface area contributed by atoms with E-state index in [4.69, 9.17) is 4.52 Å². The third-order valence-corrected chi connectivity index (χ3v) is 6.01. The molecule has 8 nitrogen and oxygen atoms in total. The van der Waals surface area contributed by atoms with Crippen molar-refractivity contribution in [3.8, 4) is 0 Å². The largest absolute Gasteiger partial charge is 0.417 e. The van der Waals surface area contributed by atoms with Crippen molar-refractivity contribution in [3.63, 3.8) is 0 Å². The fourth-order valence-corrected chi connectivity index (χ4v) is 4.09. The summed E-state index contributed by atoms with van der Waals surface area (Å²) in [5, 5.41) is 9.96. The number of hydrogen-bond acceptors (Lipinski definition) is 7. The number of aromatic nitrogens is 3. The smallest absolute Gasteiger partial charge is 0.379 e. The maximum absolute atomic E-state index is 14.7. The molecule has 0 spiro atoms. The van der Waals surface area contributed by atoms with Crippen LogP contribution in [0.25, 0.3) is 22.4 Å². The average Bonchev–Trinajstić information content (AvgIpc) is 3.28. The number of anilines is 1. The van der Waals surface area contributed by atoms with E-state index in [1.165, 1.54) is 18.2 Å². The highest BCUT2D eigenvalue weighted by molar-refractivity contribution is 6.01. The lowest BCUT2D eigenvalue weighted by Crippen LogP contribution is -2.46. The molecular formula is C25H26F4N6O2. The Morgan fingerprint density at radius 2 is 2.08 bits per heavy atom. The summed E-state index contributed by atoms with van der Waals surface area (Å²) in [5.41, 5.74) is -0.691. The van der Waals surface area contributed by atoms with Gasteiger partial charge >= 0.3 is 6.18 Å². The third-order valence-electron chi connectivity index (χ3n) is 6.01. The van der Waals surface area contributed by atoms with Crippen LogP contribution >= 0.6 is 0 Å². The van der Waals surface area contributed by atoms with E-state index in [0.717, 1.165) is 0 Å². The van der Waals surface area contributed by atoms with Crippen LogP contribution in [-0.4, -0.2) is 71.0 Å². The molecule has 0 unspecified atom stereocenters. The van der Waals surface area contributed by atoms with E-state index in [2.05, 4.69) is 32.3 Å². The highest BCUT2D eigenvalue weighted by Crippen LogP contribution is 2.37. The molecule has 2 atom stereocenters. The highest BCUT2D eigenvalue weighted by atomic mass is 19.4. The first-order chi connectivity index (χ1) is 17.5. The summed E-state index contributed by atoms with van der Waals surface area (Å²) in [7, 11) is 1.84. The first kappa shape index (κ1) is 26.3. The number of aryl methyl sites for hydroxylation is 1. The van der Waals surface area contributed by atoms with Gasteiger partial charge in [-0.2, -0.15) is 18.2 Å². The molecule has 1 amide bonds. The molecule has 2 N–H and O–H groups in total. The second kappa shape index (κ2) is 10.7. The second-order valence-corrected chi connectivity index (χ2v) is 8.84. The normalized spacial score (nSPS) is 18.9. The van der Waals surface area contributed by atoms with Crippen molar-refractivity contribution in [1.29, 1.82) is 0 Å². The number of rotatable bonds is 7. The summed E-state index contributed by atoms with van der Waals surface area (Å²) < 4.78 is 60.3. The summed E-state index contributed by atoms with van der Waals surface area (Å²) in [6.45, 7) is 5.79. The van der Waals surface area contributed by atoms with Gasteiger partial charge in [-0.15, -0.1) is 0 Å². The zero-order chi connectivity index (χ0) is 26.7. The van der Waals surface area contributed by atoms with Crippen molar-refractivity contribution in [1.82, 2.24) is 25.3 Å². The van der Waals surface area contributed by atoms with Crippen molar-refractivity contribution in [2.24, 2.45) is 0 Å². The van der Waals surface area contributed by atoms with Crippen molar-refractivity contribution in [2.45, 2.75) is 31.7 Å². The maximum atomic E-state index is 14.7. The minimum absolute atomic E-state index is 0.0424. The zero-order valence-electron chi connectivity index (χ0n) is 20.3. The van der Waals surface area contributed by atoms with E-state index in [1.54, 1.807) is 25.1 Å². The fourth-order valence-electron chi connectivity index (χ4n) is 4.09. The Hall–Kier alpha value is -3.80. The van der Waals surface area contributed by atoms with Crippen LogP contribution in [-0.2, 0) is 0 Å². The van der Waals surface area contributed by atoms with E-state index < -0.39 is 29.9 Å². The number of pyridine rings is 1. The lowest BCUT2D eigenvalue weighted by Gasteiger charge is -2.33. The molecule has 1 aromatic carbocycles. The summed E-state index contributed by atoms with van der Waals surface area (Å²) in [4.78, 5) is 22.0. The molecule has 2 aromatic heterocycles. The number of carbonyl (C=O) groups excluding carboxylic acids is 1. The quantitative estimate of drug-likeness (QED) is 0.448. The van der Waals surface area contributed by atoms with Gasteiger partial charge in [0.25, 0.3) is 11.7 Å². The second-order valence-electron chi connectivity index (χ2n) is 8.84. The lowest BCUT2D eigenvalue weighted by atomic mass is 9.99. The minimum atomic E-state index is -4.69. The number of amides is 1. The number of nitrogens with one attached hydrogen (secondary N) is 2. The molecule has 3 heterocycles. The molecule has 3 aromatic rings. The Kier molecular flexibility index (Phi) is 7.58. The van der Waals surface area contributed by atoms with Crippen LogP contribution in [0.15, 0.2) is 41.4 Å². The van der Waals surface area contributed by atoms with Crippen LogP contribution in [0.1, 0.15) is 34.3 Å². The Morgan fingerprint density at radius 3 is 2.76 bits per heavy atom. The number of nitrogens with zero attached hydrogens (tertiary/aromatic N) is 4. The van der Waals surface area contributed by atoms with Crippen LogP contribution < -0.4 is 10.6 Å². The van der Waals surface area contributed by atoms with Crippen LogP contribution in [0, 0.1) is 6.92 Å². The van der Waals surface area contributed by atoms with Crippen LogP contribution in [0.5, 0.6) is 0 Å². The number of allylic oxidation sites excluding steroid dienone is 1. The number of fused-ring (bicyclic) bond motifs is 1. The Bertz CT molecular complexity index is 1340. The van der Waals surface area contributed by atoms with Gasteiger partial charge in [0.1, 0.15) is 6.17 Å². The predicted molar refractivity (Wildman–Crippen MR) is 132 cm³/mol. The molecule has 1 aliphatic heterocycles. The van der Waals surface area contributed by atoms with Gasteiger partial charge < -0.3 is 20.1 Å². The number of likely N-dealkylation sites (tertiary alicyclic amines) is 1. The maximum Gasteiger partial charge on any atom is 0.417 e. The van der Waals surface area contributed by atoms with Crippen LogP contribution in [0.2, 0.25) is 0 Å². The SMILES string of the molecule is C=C(c1nc(/C=C/CNC(=O)c2noc(C)n2)cc2c(N[C@@H]3CCN(C)C[C@@H]3F)cccc12)C(F)(F)F. The van der Waals surface area contributed by atoms with Gasteiger partial charge in [0.05, 0.1) is 23.0 Å². The Balaban J connectivity index is 1.63. The van der Waals surface area contributed by atoms with Gasteiger partial charge in [-0.1, -0.05) is 29.9 Å². The zero-order valence-corrected chi connectivity index (χ0v) is 20.3. The molecule has 37 heavy (non-hydrogen) atoms. The monoisotopic (exact) mass is 518 g/mol. The molecule has 0 radical (unpaired) electrons. The van der Waals surface area contributed by atoms with Gasteiger partial charge in [-0.05, 0) is 31.7 Å². The number of piperidine rings is 1. The first-order valence-corrected chi connectivity index (χ1v) is 11.6. The van der Waals surface area contributed by atoms with Gasteiger partial charge in [0.2, 0.25) is 5.89 Å². The standard InChI is InChI=1S/C25H26F4N6O2/c1-14(25(27,28)29)22-17-7-4-8-20(33-21-9-11-35(3)13-19(21)26)18(17)12-16(32-22)6-5-10-30-24(36)23-31-15(2)37-34-23/h4-8,12,19,21,33H,1,9-11,13H2,2-3H3,(H,30,36)/b6-5+/t19-,21+/m0/s1. The molecule has 0 saturated carbocycles. The number of carbonyl (C=O) groups is 1. The molecule has 1 aliphatic rings. The number of hydrogen-bond donors (Lipinski definition) is 2. The van der Waals surface area contributed by atoms with E-state index in [0.29, 0.717) is 24.0 Å². The summed E-state index contributed by atoms with van der Waals surface area (Å²) in [6, 6.07) is 5.98. The molecule has 196 valence electrons. The minimum Gasteiger partial charge on any atom is -0.379 e. The topological polar surface area (TPSA) is 96.2 Å². The first-order valence-electron chi connectivity index (χ1n) is 11.6. The molecule has 4 rings (SSSR count). The van der Waals surface area contributed by atoms with Gasteiger partial charge in [-0.3, -0.25) is 4.79 Å². The summed E-state index contributed by atoms with van der Waals surface area (Å²) in [6.07, 6.45) is -2.26. The predicted octanol–water partition coefficient (Wildman–Crippen LogP) is 4.40. The Labute approximate surface area is 210 Å². The molecule has 0 bridgehead atoms. The van der Waals surface area contributed by atoms with Crippen molar-refractivity contribution in [3.05, 3.63) is 60.0 Å². The van der Waals surface area contributed by atoms with E-state index in [-0.39, 0.29) is 41.6 Å². The van der Waals surface area contributed by atoms with Gasteiger partial charge in [-0.25, -0.2) is 9.37 Å². The fraction of sp³-hybridized carbons (Fsp3) is 0.360. The molecule has 0 aliphatic carbocycles. The van der Waals surface area contributed by atoms with Crippen molar-refractivity contribution >= 4 is 34.0 Å². The summed E-state index contributed by atoms with van der Waals surface area (Å²) in [5.74, 6) is -0.457. The average molecular weight is 519 g/mol. The Morgan fingerprint density at radius 1 is 1.30 bits per heavy atom. The molecule has 1 fully saturated rings. The molecule has 1 saturated heterocycles. The van der Waals surface area contributed by atoms with E-state index in [1.807, 2.05) is 11.9 Å². The van der Waals surface area contributed by atoms with Gasteiger partial charge in [0, 0.05) is 43.0 Å². The van der Waals surface area contributed by atoms with Crippen LogP contribution in [0.3, 0.4) is 0 Å². The van der Waals surface area contributed by atoms with Crippen molar-refractivity contribution in [2.75, 3.05) is 32.0 Å². The van der Waals surface area contributed by atoms with Gasteiger partial charge in [0.15, 0.2) is 0 Å². The van der Waals surface area contributed by atoms with Crippen molar-refractivity contribution < 1.29 is 26.9 Å². The lowest BCUT2D eigenvalue weighted by molar-refractivity contribution is -0.0688. The van der Waals surface area contributed by atoms with E-state index in [9.17, 15) is 22.4 Å².